The molecule has 0 aliphatic carbocycles. The second kappa shape index (κ2) is 10.9. The lowest BCUT2D eigenvalue weighted by Crippen LogP contribution is -2.34. The molecule has 0 aliphatic heterocycles. The number of hydrogen-bond acceptors (Lipinski definition) is 7. The van der Waals surface area contributed by atoms with Gasteiger partial charge < -0.3 is 26.4 Å². The van der Waals surface area contributed by atoms with Gasteiger partial charge in [-0.2, -0.15) is 4.98 Å². The van der Waals surface area contributed by atoms with Crippen molar-refractivity contribution in [3.05, 3.63) is 41.6 Å². The van der Waals surface area contributed by atoms with Crippen LogP contribution in [0, 0.1) is 11.8 Å². The second-order valence-corrected chi connectivity index (χ2v) is 7.60. The number of carbonyl (C=O) groups is 1. The maximum atomic E-state index is 11.7. The highest BCUT2D eigenvalue weighted by atomic mass is 16.6. The van der Waals surface area contributed by atoms with Crippen molar-refractivity contribution in [1.82, 2.24) is 15.3 Å². The molecule has 0 saturated carbocycles. The van der Waals surface area contributed by atoms with E-state index in [1.165, 1.54) is 0 Å². The zero-order valence-corrected chi connectivity index (χ0v) is 18.0. The van der Waals surface area contributed by atoms with E-state index in [1.807, 2.05) is 45.0 Å². The van der Waals surface area contributed by atoms with Crippen LogP contribution in [0.25, 0.3) is 0 Å². The first kappa shape index (κ1) is 22.8. The molecular weight excluding hydrogens is 380 g/mol. The first-order valence-corrected chi connectivity index (χ1v) is 9.96. The average molecular weight is 411 g/mol. The summed E-state index contributed by atoms with van der Waals surface area (Å²) < 4.78 is 5.21. The van der Waals surface area contributed by atoms with Crippen LogP contribution in [0.5, 0.6) is 0 Å². The van der Waals surface area contributed by atoms with Gasteiger partial charge in [0.1, 0.15) is 11.4 Å². The molecule has 0 aliphatic rings. The smallest absolute Gasteiger partial charge is 0.407 e. The quantitative estimate of drug-likeness (QED) is 0.409. The molecule has 8 nitrogen and oxygen atoms in total. The van der Waals surface area contributed by atoms with Gasteiger partial charge in [-0.25, -0.2) is 9.78 Å². The van der Waals surface area contributed by atoms with Crippen molar-refractivity contribution in [1.29, 1.82) is 0 Å². The molecular formula is C22H30N6O2. The number of amides is 1. The van der Waals surface area contributed by atoms with E-state index in [1.54, 1.807) is 6.20 Å². The van der Waals surface area contributed by atoms with Crippen LogP contribution in [0.4, 0.5) is 22.2 Å². The number of benzene rings is 1. The molecule has 0 unspecified atom stereocenters. The van der Waals surface area contributed by atoms with E-state index in [9.17, 15) is 4.79 Å². The first-order valence-electron chi connectivity index (χ1n) is 9.96. The van der Waals surface area contributed by atoms with Gasteiger partial charge in [0, 0.05) is 30.9 Å². The number of ether oxygens (including phenoxy) is 1. The number of nitrogens with one attached hydrogen (secondary N) is 3. The topological polar surface area (TPSA) is 114 Å². The molecule has 0 fully saturated rings. The van der Waals surface area contributed by atoms with Gasteiger partial charge in [-0.15, -0.1) is 0 Å². The van der Waals surface area contributed by atoms with Crippen LogP contribution in [0.15, 0.2) is 30.5 Å². The molecule has 1 heterocycles. The van der Waals surface area contributed by atoms with Crippen molar-refractivity contribution in [2.75, 3.05) is 36.0 Å². The number of carbonyl (C=O) groups excluding carboxylic acids is 1. The zero-order chi connectivity index (χ0) is 22.0. The predicted molar refractivity (Wildman–Crippen MR) is 120 cm³/mol. The number of nitrogens with two attached hydrogens (primary N) is 1. The fraction of sp³-hybridized carbons (Fsp3) is 0.409. The number of nitrogens with zero attached hydrogens (tertiary/aromatic N) is 2. The maximum absolute atomic E-state index is 11.7. The van der Waals surface area contributed by atoms with E-state index in [0.29, 0.717) is 24.5 Å². The van der Waals surface area contributed by atoms with Gasteiger partial charge in [0.15, 0.2) is 0 Å². The van der Waals surface area contributed by atoms with E-state index in [4.69, 9.17) is 10.5 Å². The molecule has 1 aromatic heterocycles. The Bertz CT molecular complexity index is 912. The Morgan fingerprint density at radius 2 is 1.97 bits per heavy atom. The van der Waals surface area contributed by atoms with Crippen molar-refractivity contribution < 1.29 is 9.53 Å². The molecule has 2 aromatic rings. The maximum Gasteiger partial charge on any atom is 0.407 e. The summed E-state index contributed by atoms with van der Waals surface area (Å²) in [6.45, 7) is 9.35. The Hall–Kier alpha value is -3.47. The van der Waals surface area contributed by atoms with Gasteiger partial charge in [-0.05, 0) is 45.4 Å². The summed E-state index contributed by atoms with van der Waals surface area (Å²) in [6.07, 6.45) is 2.16. The van der Waals surface area contributed by atoms with Gasteiger partial charge in [-0.1, -0.05) is 24.8 Å². The predicted octanol–water partition coefficient (Wildman–Crippen LogP) is 3.22. The Kier molecular flexibility index (Phi) is 8.29. The van der Waals surface area contributed by atoms with Crippen LogP contribution < -0.4 is 21.7 Å². The monoisotopic (exact) mass is 410 g/mol. The minimum atomic E-state index is -0.508. The van der Waals surface area contributed by atoms with Crippen LogP contribution in [-0.4, -0.2) is 41.3 Å². The summed E-state index contributed by atoms with van der Waals surface area (Å²) in [5, 5.41) is 9.19. The fourth-order valence-electron chi connectivity index (χ4n) is 2.40. The lowest BCUT2D eigenvalue weighted by Gasteiger charge is -2.19. The lowest BCUT2D eigenvalue weighted by atomic mass is 10.2. The van der Waals surface area contributed by atoms with Crippen LogP contribution in [0.3, 0.4) is 0 Å². The van der Waals surface area contributed by atoms with Gasteiger partial charge in [0.05, 0.1) is 11.8 Å². The lowest BCUT2D eigenvalue weighted by molar-refractivity contribution is 0.0530. The fourth-order valence-corrected chi connectivity index (χ4v) is 2.40. The van der Waals surface area contributed by atoms with Crippen molar-refractivity contribution in [3.63, 3.8) is 0 Å². The zero-order valence-electron chi connectivity index (χ0n) is 18.0. The molecule has 8 heteroatoms. The minimum Gasteiger partial charge on any atom is -0.444 e. The summed E-state index contributed by atoms with van der Waals surface area (Å²) in [4.78, 5) is 19.9. The average Bonchev–Trinajstić information content (AvgIpc) is 2.68. The summed E-state index contributed by atoms with van der Waals surface area (Å²) in [5.41, 5.74) is 7.62. The summed E-state index contributed by atoms with van der Waals surface area (Å²) >= 11 is 0. The summed E-state index contributed by atoms with van der Waals surface area (Å²) in [7, 11) is 0. The Morgan fingerprint density at radius 1 is 1.17 bits per heavy atom. The highest BCUT2D eigenvalue weighted by Gasteiger charge is 2.15. The van der Waals surface area contributed by atoms with Crippen LogP contribution in [0.1, 0.15) is 45.2 Å². The molecule has 1 aromatic carbocycles. The normalized spacial score (nSPS) is 10.5. The van der Waals surface area contributed by atoms with E-state index in [0.717, 1.165) is 24.2 Å². The number of alkyl carbamates (subject to hydrolysis) is 1. The third-order valence-electron chi connectivity index (χ3n) is 3.68. The number of rotatable bonds is 7. The molecule has 30 heavy (non-hydrogen) atoms. The van der Waals surface area contributed by atoms with Crippen LogP contribution >= 0.6 is 0 Å². The minimum absolute atomic E-state index is 0.213. The molecule has 0 bridgehead atoms. The second-order valence-electron chi connectivity index (χ2n) is 7.60. The summed E-state index contributed by atoms with van der Waals surface area (Å²) in [5.74, 6) is 7.09. The molecule has 0 saturated heterocycles. The first-order chi connectivity index (χ1) is 14.3. The van der Waals surface area contributed by atoms with E-state index < -0.39 is 11.7 Å². The number of aromatic nitrogens is 2. The van der Waals surface area contributed by atoms with Gasteiger partial charge in [-0.3, -0.25) is 0 Å². The van der Waals surface area contributed by atoms with Gasteiger partial charge in [0.25, 0.3) is 0 Å². The van der Waals surface area contributed by atoms with Crippen molar-refractivity contribution in [2.45, 2.75) is 39.7 Å². The number of hydrogen-bond donors (Lipinski definition) is 4. The van der Waals surface area contributed by atoms with Crippen LogP contribution in [0.2, 0.25) is 0 Å². The highest BCUT2D eigenvalue weighted by molar-refractivity contribution is 5.67. The van der Waals surface area contributed by atoms with Crippen molar-refractivity contribution in [2.24, 2.45) is 0 Å². The Balaban J connectivity index is 1.95. The molecule has 0 spiro atoms. The van der Waals surface area contributed by atoms with Crippen molar-refractivity contribution >= 4 is 23.5 Å². The SMILES string of the molecule is CCCNc1nc(N)ncc1C#Cc1cccc(NCCNC(=O)OC(C)(C)C)c1. The molecule has 0 radical (unpaired) electrons. The van der Waals surface area contributed by atoms with Crippen LogP contribution in [-0.2, 0) is 4.74 Å². The third-order valence-corrected chi connectivity index (χ3v) is 3.68. The molecule has 0 atom stereocenters. The highest BCUT2D eigenvalue weighted by Crippen LogP contribution is 2.13. The Morgan fingerprint density at radius 3 is 2.70 bits per heavy atom. The number of anilines is 3. The standard InChI is InChI=1S/C22H30N6O2/c1-5-11-25-19-17(15-27-20(23)28-19)10-9-16-7-6-8-18(14-16)24-12-13-26-21(29)30-22(2,3)4/h6-8,14-15,24H,5,11-13H2,1-4H3,(H,26,29)(H3,23,25,27,28). The van der Waals surface area contributed by atoms with E-state index in [-0.39, 0.29) is 5.95 Å². The molecule has 2 rings (SSSR count). The van der Waals surface area contributed by atoms with Gasteiger partial charge in [0.2, 0.25) is 5.95 Å². The molecule has 1 amide bonds. The number of nitrogen functional groups attached to an aromatic ring is 1. The van der Waals surface area contributed by atoms with Crippen molar-refractivity contribution in [3.8, 4) is 11.8 Å². The van der Waals surface area contributed by atoms with E-state index >= 15 is 0 Å². The van der Waals surface area contributed by atoms with Gasteiger partial charge >= 0.3 is 6.09 Å². The third kappa shape index (κ3) is 8.27. The largest absolute Gasteiger partial charge is 0.444 e. The summed E-state index contributed by atoms with van der Waals surface area (Å²) in [6, 6.07) is 7.73. The Labute approximate surface area is 178 Å². The molecule has 5 N–H and O–H groups in total. The molecule has 160 valence electrons. The van der Waals surface area contributed by atoms with E-state index in [2.05, 4.69) is 44.7 Å².